The van der Waals surface area contributed by atoms with Crippen LogP contribution < -0.4 is 0 Å². The van der Waals surface area contributed by atoms with Crippen molar-refractivity contribution in [3.8, 4) is 0 Å². The van der Waals surface area contributed by atoms with Crippen molar-refractivity contribution in [1.82, 2.24) is 0 Å². The highest BCUT2D eigenvalue weighted by molar-refractivity contribution is 8.00. The number of carboxylic acid groups (broad SMARTS) is 1. The van der Waals surface area contributed by atoms with Gasteiger partial charge >= 0.3 is 5.97 Å². The van der Waals surface area contributed by atoms with Crippen molar-refractivity contribution >= 4 is 29.1 Å². The second-order valence-electron chi connectivity index (χ2n) is 4.43. The molecule has 9 heteroatoms. The summed E-state index contributed by atoms with van der Waals surface area (Å²) in [5.41, 5.74) is -0.504. The van der Waals surface area contributed by atoms with Gasteiger partial charge in [-0.2, -0.15) is 0 Å². The number of nitro groups is 2. The maximum absolute atomic E-state index is 11.0. The fraction of sp³-hybridized carbons (Fsp3) is 0.364. The van der Waals surface area contributed by atoms with Gasteiger partial charge in [0.25, 0.3) is 11.4 Å². The molecular weight excluding hydrogens is 288 g/mol. The Labute approximate surface area is 118 Å². The first-order valence-corrected chi connectivity index (χ1v) is 6.43. The van der Waals surface area contributed by atoms with E-state index in [1.807, 2.05) is 0 Å². The Bertz CT molecular complexity index is 572. The molecule has 0 heterocycles. The van der Waals surface area contributed by atoms with E-state index in [9.17, 15) is 25.0 Å². The topological polar surface area (TPSA) is 124 Å². The fourth-order valence-electron chi connectivity index (χ4n) is 1.28. The smallest absolute Gasteiger partial charge is 0.319 e. The first-order valence-electron chi connectivity index (χ1n) is 5.44. The molecule has 0 unspecified atom stereocenters. The molecule has 1 aromatic rings. The molecule has 108 valence electrons. The zero-order valence-electron chi connectivity index (χ0n) is 10.7. The van der Waals surface area contributed by atoms with Crippen molar-refractivity contribution in [3.63, 3.8) is 0 Å². The van der Waals surface area contributed by atoms with Crippen molar-refractivity contribution in [1.29, 1.82) is 0 Å². The Kier molecular flexibility index (Phi) is 4.66. The predicted molar refractivity (Wildman–Crippen MR) is 72.8 cm³/mol. The van der Waals surface area contributed by atoms with Crippen LogP contribution in [0.2, 0.25) is 0 Å². The van der Waals surface area contributed by atoms with E-state index in [1.165, 1.54) is 19.9 Å². The zero-order valence-corrected chi connectivity index (χ0v) is 11.5. The number of rotatable bonds is 6. The SMILES string of the molecule is CC(C)(SCc1ccc([N+](=O)[O-])cc1[N+](=O)[O-])C(=O)O. The summed E-state index contributed by atoms with van der Waals surface area (Å²) in [5.74, 6) is -0.958. The third-order valence-electron chi connectivity index (χ3n) is 2.58. The molecule has 8 nitrogen and oxygen atoms in total. The van der Waals surface area contributed by atoms with Gasteiger partial charge in [-0.3, -0.25) is 25.0 Å². The van der Waals surface area contributed by atoms with Crippen LogP contribution in [0.5, 0.6) is 0 Å². The number of benzene rings is 1. The molecule has 0 fully saturated rings. The molecule has 1 aromatic carbocycles. The lowest BCUT2D eigenvalue weighted by atomic mass is 10.2. The molecule has 0 aliphatic carbocycles. The molecule has 0 amide bonds. The van der Waals surface area contributed by atoms with Gasteiger partial charge in [-0.25, -0.2) is 0 Å². The van der Waals surface area contributed by atoms with Crippen LogP contribution >= 0.6 is 11.8 Å². The van der Waals surface area contributed by atoms with Crippen LogP contribution in [0.3, 0.4) is 0 Å². The first kappa shape index (κ1) is 15.9. The molecule has 0 atom stereocenters. The van der Waals surface area contributed by atoms with E-state index in [0.717, 1.165) is 23.9 Å². The maximum atomic E-state index is 11.0. The van der Waals surface area contributed by atoms with E-state index in [0.29, 0.717) is 0 Å². The van der Waals surface area contributed by atoms with E-state index in [4.69, 9.17) is 5.11 Å². The number of nitro benzene ring substituents is 2. The van der Waals surface area contributed by atoms with Gasteiger partial charge in [0, 0.05) is 17.4 Å². The molecule has 0 spiro atoms. The number of hydrogen-bond donors (Lipinski definition) is 1. The number of hydrogen-bond acceptors (Lipinski definition) is 6. The minimum atomic E-state index is -1.10. The number of aliphatic carboxylic acids is 1. The van der Waals surface area contributed by atoms with Crippen molar-refractivity contribution in [2.75, 3.05) is 0 Å². The second kappa shape index (κ2) is 5.87. The van der Waals surface area contributed by atoms with Gasteiger partial charge in [-0.15, -0.1) is 11.8 Å². The van der Waals surface area contributed by atoms with Crippen molar-refractivity contribution in [3.05, 3.63) is 44.0 Å². The van der Waals surface area contributed by atoms with Gasteiger partial charge < -0.3 is 5.11 Å². The number of non-ortho nitro benzene ring substituents is 1. The summed E-state index contributed by atoms with van der Waals surface area (Å²) in [6.07, 6.45) is 0. The van der Waals surface area contributed by atoms with E-state index in [2.05, 4.69) is 0 Å². The third kappa shape index (κ3) is 3.67. The van der Waals surface area contributed by atoms with Gasteiger partial charge in [0.05, 0.1) is 15.9 Å². The number of carboxylic acids is 1. The van der Waals surface area contributed by atoms with Crippen LogP contribution in [0.25, 0.3) is 0 Å². The van der Waals surface area contributed by atoms with Crippen molar-refractivity contribution < 1.29 is 19.7 Å². The molecule has 0 saturated carbocycles. The van der Waals surface area contributed by atoms with E-state index in [-0.39, 0.29) is 22.7 Å². The van der Waals surface area contributed by atoms with Crippen LogP contribution in [0.1, 0.15) is 19.4 Å². The molecule has 1 rings (SSSR count). The molecule has 20 heavy (non-hydrogen) atoms. The minimum Gasteiger partial charge on any atom is -0.480 e. The Hall–Kier alpha value is -2.16. The Morgan fingerprint density at radius 3 is 2.35 bits per heavy atom. The average molecular weight is 300 g/mol. The van der Waals surface area contributed by atoms with E-state index < -0.39 is 20.6 Å². The molecule has 1 N–H and O–H groups in total. The summed E-state index contributed by atoms with van der Waals surface area (Å²) < 4.78 is -1.10. The predicted octanol–water partition coefficient (Wildman–Crippen LogP) is 2.60. The van der Waals surface area contributed by atoms with Gasteiger partial charge in [0.15, 0.2) is 0 Å². The molecule has 0 radical (unpaired) electrons. The van der Waals surface area contributed by atoms with Crippen molar-refractivity contribution in [2.24, 2.45) is 0 Å². The lowest BCUT2D eigenvalue weighted by Crippen LogP contribution is -2.27. The molecule has 0 bridgehead atoms. The lowest BCUT2D eigenvalue weighted by molar-refractivity contribution is -0.394. The number of thioether (sulfide) groups is 1. The normalized spacial score (nSPS) is 11.1. The zero-order chi connectivity index (χ0) is 15.5. The van der Waals surface area contributed by atoms with Crippen LogP contribution in [0, 0.1) is 20.2 Å². The summed E-state index contributed by atoms with van der Waals surface area (Å²) in [4.78, 5) is 31.0. The Morgan fingerprint density at radius 2 is 1.90 bits per heavy atom. The standard InChI is InChI=1S/C11H12N2O6S/c1-11(2,10(14)15)20-6-7-3-4-8(12(16)17)5-9(7)13(18)19/h3-5H,6H2,1-2H3,(H,14,15). The maximum Gasteiger partial charge on any atom is 0.319 e. The summed E-state index contributed by atoms with van der Waals surface area (Å²) in [7, 11) is 0. The third-order valence-corrected chi connectivity index (χ3v) is 3.93. The van der Waals surface area contributed by atoms with Gasteiger partial charge in [0.1, 0.15) is 4.75 Å². The first-order chi connectivity index (χ1) is 9.15. The average Bonchev–Trinajstić information content (AvgIpc) is 2.35. The van der Waals surface area contributed by atoms with Crippen LogP contribution in [-0.4, -0.2) is 25.7 Å². The largest absolute Gasteiger partial charge is 0.480 e. The summed E-state index contributed by atoms with van der Waals surface area (Å²) >= 11 is 1.01. The second-order valence-corrected chi connectivity index (χ2v) is 6.03. The lowest BCUT2D eigenvalue weighted by Gasteiger charge is -2.18. The fourth-order valence-corrected chi connectivity index (χ4v) is 2.16. The minimum absolute atomic E-state index is 0.0770. The molecular formula is C11H12N2O6S. The van der Waals surface area contributed by atoms with Gasteiger partial charge in [-0.05, 0) is 19.9 Å². The Balaban J connectivity index is 3.04. The molecule has 0 aromatic heterocycles. The summed E-state index contributed by atoms with van der Waals surface area (Å²) in [6.45, 7) is 2.97. The van der Waals surface area contributed by atoms with Crippen LogP contribution in [0.4, 0.5) is 11.4 Å². The van der Waals surface area contributed by atoms with Gasteiger partial charge in [0.2, 0.25) is 0 Å². The molecule has 0 aliphatic heterocycles. The Morgan fingerprint density at radius 1 is 1.30 bits per heavy atom. The van der Waals surface area contributed by atoms with Crippen LogP contribution in [-0.2, 0) is 10.5 Å². The number of nitrogens with zero attached hydrogens (tertiary/aromatic N) is 2. The van der Waals surface area contributed by atoms with E-state index in [1.54, 1.807) is 0 Å². The summed E-state index contributed by atoms with van der Waals surface area (Å²) in [6, 6.07) is 3.32. The summed E-state index contributed by atoms with van der Waals surface area (Å²) in [5, 5.41) is 30.5. The van der Waals surface area contributed by atoms with Crippen LogP contribution in [0.15, 0.2) is 18.2 Å². The molecule has 0 aliphatic rings. The monoisotopic (exact) mass is 300 g/mol. The quantitative estimate of drug-likeness (QED) is 0.632. The van der Waals surface area contributed by atoms with Gasteiger partial charge in [-0.1, -0.05) is 0 Å². The van der Waals surface area contributed by atoms with E-state index >= 15 is 0 Å². The highest BCUT2D eigenvalue weighted by Crippen LogP contribution is 2.33. The van der Waals surface area contributed by atoms with Crippen molar-refractivity contribution in [2.45, 2.75) is 24.3 Å². The molecule has 0 saturated heterocycles. The number of carbonyl (C=O) groups is 1. The highest BCUT2D eigenvalue weighted by Gasteiger charge is 2.29. The highest BCUT2D eigenvalue weighted by atomic mass is 32.2.